The van der Waals surface area contributed by atoms with Crippen molar-refractivity contribution >= 4 is 11.9 Å². The second-order valence-corrected chi connectivity index (χ2v) is 11.7. The molecular weight excluding hydrogens is 616 g/mol. The van der Waals surface area contributed by atoms with E-state index in [1.165, 1.54) is 24.3 Å². The number of carbonyl (C=O) groups is 2. The first-order valence-electron chi connectivity index (χ1n) is 14.4. The third-order valence-corrected chi connectivity index (χ3v) is 8.25. The molecule has 0 saturated carbocycles. The van der Waals surface area contributed by atoms with Crippen molar-refractivity contribution in [2.45, 2.75) is 88.1 Å². The van der Waals surface area contributed by atoms with Crippen LogP contribution in [0.25, 0.3) is 0 Å². The number of aliphatic hydroxyl groups excluding tert-OH is 6. The van der Waals surface area contributed by atoms with Gasteiger partial charge in [0.25, 0.3) is 0 Å². The molecule has 0 amide bonds. The second kappa shape index (κ2) is 14.4. The van der Waals surface area contributed by atoms with E-state index in [0.717, 1.165) is 5.56 Å². The molecule has 2 saturated heterocycles. The fourth-order valence-corrected chi connectivity index (χ4v) is 5.26. The largest absolute Gasteiger partial charge is 0.504 e. The molecule has 0 radical (unpaired) electrons. The van der Waals surface area contributed by atoms with E-state index in [4.69, 9.17) is 18.9 Å². The van der Waals surface area contributed by atoms with Crippen LogP contribution in [0.1, 0.15) is 25.0 Å². The predicted octanol–water partition coefficient (Wildman–Crippen LogP) is -1.30. The molecule has 2 aliphatic heterocycles. The van der Waals surface area contributed by atoms with Crippen molar-refractivity contribution in [3.05, 3.63) is 47.5 Å². The first-order chi connectivity index (χ1) is 21.6. The molecule has 0 spiro atoms. The van der Waals surface area contributed by atoms with E-state index in [9.17, 15) is 60.7 Å². The molecule has 46 heavy (non-hydrogen) atoms. The lowest BCUT2D eigenvalue weighted by Gasteiger charge is -2.40. The summed E-state index contributed by atoms with van der Waals surface area (Å²) >= 11 is 0. The van der Waals surface area contributed by atoms with Gasteiger partial charge in [-0.1, -0.05) is 26.0 Å². The van der Waals surface area contributed by atoms with E-state index in [1.54, 1.807) is 12.1 Å². The summed E-state index contributed by atoms with van der Waals surface area (Å²) < 4.78 is 21.8. The van der Waals surface area contributed by atoms with Gasteiger partial charge in [0, 0.05) is 0 Å². The minimum absolute atomic E-state index is 0.00287. The van der Waals surface area contributed by atoms with Gasteiger partial charge in [0.2, 0.25) is 12.6 Å². The van der Waals surface area contributed by atoms with Gasteiger partial charge < -0.3 is 70.0 Å². The van der Waals surface area contributed by atoms with Crippen molar-refractivity contribution in [2.75, 3.05) is 0 Å². The van der Waals surface area contributed by atoms with Crippen molar-refractivity contribution < 1.29 is 79.6 Å². The molecule has 2 aromatic rings. The molecule has 10 N–H and O–H groups in total. The Kier molecular flexibility index (Phi) is 11.0. The Balaban J connectivity index is 1.61. The Morgan fingerprint density at radius 2 is 1.07 bits per heavy atom. The first-order valence-corrected chi connectivity index (χ1v) is 14.4. The highest BCUT2D eigenvalue weighted by molar-refractivity contribution is 5.74. The number of carboxylic acids is 2. The van der Waals surface area contributed by atoms with Gasteiger partial charge in [-0.05, 0) is 60.1 Å². The Hall–Kier alpha value is -3.74. The summed E-state index contributed by atoms with van der Waals surface area (Å²) in [5.74, 6) is -4.20. The minimum atomic E-state index is -1.99. The number of hydrogen-bond acceptors (Lipinski definition) is 14. The van der Waals surface area contributed by atoms with Crippen LogP contribution < -0.4 is 9.47 Å². The number of phenols is 2. The van der Waals surface area contributed by atoms with E-state index >= 15 is 0 Å². The number of phenolic OH excluding ortho intramolecular Hbond substituents is 2. The van der Waals surface area contributed by atoms with Crippen LogP contribution in [0.2, 0.25) is 0 Å². The van der Waals surface area contributed by atoms with Gasteiger partial charge >= 0.3 is 11.9 Å². The third-order valence-electron chi connectivity index (χ3n) is 8.25. The average Bonchev–Trinajstić information content (AvgIpc) is 3.00. The van der Waals surface area contributed by atoms with Crippen molar-refractivity contribution in [1.82, 2.24) is 0 Å². The lowest BCUT2D eigenvalue weighted by atomic mass is 9.85. The van der Waals surface area contributed by atoms with Crippen molar-refractivity contribution in [3.63, 3.8) is 0 Å². The van der Waals surface area contributed by atoms with Crippen LogP contribution in [0.5, 0.6) is 23.0 Å². The summed E-state index contributed by atoms with van der Waals surface area (Å²) in [5, 5.41) is 99.7. The number of rotatable bonds is 11. The number of carboxylic acid groups (broad SMARTS) is 2. The molecule has 0 unspecified atom stereocenters. The van der Waals surface area contributed by atoms with E-state index in [2.05, 4.69) is 0 Å². The zero-order valence-corrected chi connectivity index (χ0v) is 24.7. The Morgan fingerprint density at radius 1 is 0.630 bits per heavy atom. The van der Waals surface area contributed by atoms with Crippen LogP contribution in [0.15, 0.2) is 36.4 Å². The van der Waals surface area contributed by atoms with Crippen LogP contribution in [0.3, 0.4) is 0 Å². The summed E-state index contributed by atoms with van der Waals surface area (Å²) in [7, 11) is 0. The molecule has 4 rings (SSSR count). The fraction of sp³-hybridized carbons (Fsp3) is 0.533. The number of aliphatic carboxylic acids is 2. The summed E-state index contributed by atoms with van der Waals surface area (Å²) in [5.41, 5.74) is 1.41. The zero-order chi connectivity index (χ0) is 34.0. The molecule has 16 nitrogen and oxygen atoms in total. The Morgan fingerprint density at radius 3 is 1.52 bits per heavy atom. The SMILES string of the molecule is C[C@H](Cc1ccc(O[C@@H]2O[C@H](C(=O)O)[C@@H](O)[C@H](O)[C@H]2O)c(O[C@@H]2O[C@H](C(=O)O)[C@@H](O)[C@H](O)[C@H]2O)c1)[C@@H](C)Cc1ccc(O)c(O)c1. The van der Waals surface area contributed by atoms with Crippen LogP contribution in [0, 0.1) is 11.8 Å². The van der Waals surface area contributed by atoms with Crippen LogP contribution in [-0.2, 0) is 31.9 Å². The van der Waals surface area contributed by atoms with Gasteiger partial charge in [0.05, 0.1) is 0 Å². The lowest BCUT2D eigenvalue weighted by Crippen LogP contribution is -2.61. The van der Waals surface area contributed by atoms with Gasteiger partial charge in [-0.3, -0.25) is 0 Å². The monoisotopic (exact) mass is 654 g/mol. The van der Waals surface area contributed by atoms with Crippen molar-refractivity contribution in [3.8, 4) is 23.0 Å². The zero-order valence-electron chi connectivity index (χ0n) is 24.7. The molecule has 2 aliphatic rings. The van der Waals surface area contributed by atoms with Gasteiger partial charge in [-0.15, -0.1) is 0 Å². The summed E-state index contributed by atoms with van der Waals surface area (Å²) in [4.78, 5) is 23.2. The molecular formula is C30H38O16. The summed E-state index contributed by atoms with van der Waals surface area (Å²) in [6.45, 7) is 3.94. The Labute approximate surface area is 262 Å². The molecule has 0 bridgehead atoms. The highest BCUT2D eigenvalue weighted by atomic mass is 16.7. The van der Waals surface area contributed by atoms with E-state index in [-0.39, 0.29) is 34.8 Å². The predicted molar refractivity (Wildman–Crippen MR) is 152 cm³/mol. The van der Waals surface area contributed by atoms with E-state index in [0.29, 0.717) is 18.4 Å². The standard InChI is InChI=1S/C30H38O16/c1-11(7-13-3-5-15(31)16(32)9-13)12(2)8-14-4-6-17(43-29-23(37)19(33)21(35)25(45-29)27(39)40)18(10-14)44-30-24(38)20(34)22(36)26(46-30)28(41)42/h3-6,9-12,19-26,29-38H,7-8H2,1-2H3,(H,39,40)(H,41,42)/t11-,12+,19-,20-,21-,22-,23+,24+,25-,26-,29+,30+/m0/s1. The second-order valence-electron chi connectivity index (χ2n) is 11.7. The Bertz CT molecular complexity index is 1380. The molecule has 2 aromatic carbocycles. The van der Waals surface area contributed by atoms with E-state index < -0.39 is 73.4 Å². The maximum atomic E-state index is 11.6. The number of aromatic hydroxyl groups is 2. The van der Waals surface area contributed by atoms with Crippen LogP contribution in [-0.4, -0.2) is 124 Å². The fourth-order valence-electron chi connectivity index (χ4n) is 5.26. The van der Waals surface area contributed by atoms with Gasteiger partial charge in [0.1, 0.15) is 36.6 Å². The maximum Gasteiger partial charge on any atom is 0.335 e. The molecule has 2 heterocycles. The lowest BCUT2D eigenvalue weighted by molar-refractivity contribution is -0.276. The van der Waals surface area contributed by atoms with E-state index in [1.807, 2.05) is 13.8 Å². The summed E-state index contributed by atoms with van der Waals surface area (Å²) in [6, 6.07) is 8.93. The molecule has 0 aliphatic carbocycles. The molecule has 12 atom stereocenters. The highest BCUT2D eigenvalue weighted by Crippen LogP contribution is 2.36. The molecule has 0 aromatic heterocycles. The van der Waals surface area contributed by atoms with Crippen molar-refractivity contribution in [2.24, 2.45) is 11.8 Å². The number of aliphatic hydroxyl groups is 6. The highest BCUT2D eigenvalue weighted by Gasteiger charge is 2.50. The smallest absolute Gasteiger partial charge is 0.335 e. The van der Waals surface area contributed by atoms with Crippen LogP contribution in [0.4, 0.5) is 0 Å². The van der Waals surface area contributed by atoms with Gasteiger partial charge in [-0.2, -0.15) is 0 Å². The number of ether oxygens (including phenoxy) is 4. The molecule has 2 fully saturated rings. The summed E-state index contributed by atoms with van der Waals surface area (Å²) in [6.07, 6.45) is -18.5. The quantitative estimate of drug-likeness (QED) is 0.126. The van der Waals surface area contributed by atoms with Gasteiger partial charge in [0.15, 0.2) is 35.2 Å². The van der Waals surface area contributed by atoms with Crippen molar-refractivity contribution in [1.29, 1.82) is 0 Å². The number of benzene rings is 2. The molecule has 254 valence electrons. The number of hydrogen-bond donors (Lipinski definition) is 10. The maximum absolute atomic E-state index is 11.6. The average molecular weight is 655 g/mol. The topological polar surface area (TPSA) is 273 Å². The first kappa shape index (κ1) is 35.1. The normalized spacial score (nSPS) is 32.7. The third kappa shape index (κ3) is 7.62. The molecule has 16 heteroatoms. The van der Waals surface area contributed by atoms with Crippen LogP contribution >= 0.6 is 0 Å². The van der Waals surface area contributed by atoms with Gasteiger partial charge in [-0.25, -0.2) is 9.59 Å². The minimum Gasteiger partial charge on any atom is -0.504 e.